The van der Waals surface area contributed by atoms with E-state index in [-0.39, 0.29) is 81.9 Å². The highest BCUT2D eigenvalue weighted by molar-refractivity contribution is 5.96. The lowest BCUT2D eigenvalue weighted by molar-refractivity contribution is -0.157. The van der Waals surface area contributed by atoms with Crippen LogP contribution in [0.5, 0.6) is 5.88 Å². The number of benzene rings is 1. The number of hydrogen-bond acceptors (Lipinski definition) is 11. The van der Waals surface area contributed by atoms with Crippen LogP contribution in [0.3, 0.4) is 0 Å². The zero-order valence-corrected chi connectivity index (χ0v) is 27.0. The van der Waals surface area contributed by atoms with Crippen molar-refractivity contribution in [3.05, 3.63) is 42.1 Å². The van der Waals surface area contributed by atoms with E-state index in [2.05, 4.69) is 15.7 Å². The van der Waals surface area contributed by atoms with Gasteiger partial charge >= 0.3 is 6.16 Å². The molecule has 3 fully saturated rings. The minimum absolute atomic E-state index is 0.0350. The lowest BCUT2D eigenvalue weighted by atomic mass is 9.93. The molecule has 16 nitrogen and oxygen atoms in total. The van der Waals surface area contributed by atoms with Crippen LogP contribution in [0, 0.1) is 0 Å². The number of nitrogens with zero attached hydrogens (tertiary/aromatic N) is 5. The van der Waals surface area contributed by atoms with E-state index in [1.54, 1.807) is 36.1 Å². The Morgan fingerprint density at radius 3 is 2.42 bits per heavy atom. The predicted octanol–water partition coefficient (Wildman–Crippen LogP) is 0.624. The third-order valence-corrected chi connectivity index (χ3v) is 8.62. The number of hydrogen-bond donors (Lipinski definition) is 3. The summed E-state index contributed by atoms with van der Waals surface area (Å²) >= 11 is 0. The van der Waals surface area contributed by atoms with Gasteiger partial charge in [0.05, 0.1) is 25.4 Å². The fourth-order valence-electron chi connectivity index (χ4n) is 5.83. The Bertz CT molecular complexity index is 1440. The van der Waals surface area contributed by atoms with E-state index in [0.717, 1.165) is 19.3 Å². The Balaban J connectivity index is 1.23. The molecule has 0 bridgehead atoms. The molecule has 0 radical (unpaired) electrons. The van der Waals surface area contributed by atoms with Crippen molar-refractivity contribution in [2.45, 2.75) is 63.6 Å². The Morgan fingerprint density at radius 1 is 1.00 bits per heavy atom. The lowest BCUT2D eigenvalue weighted by Gasteiger charge is -2.34. The van der Waals surface area contributed by atoms with Crippen LogP contribution in [0.1, 0.15) is 55.9 Å². The summed E-state index contributed by atoms with van der Waals surface area (Å²) < 4.78 is 12.1. The zero-order chi connectivity index (χ0) is 34.0. The molecule has 1 aromatic carbocycles. The van der Waals surface area contributed by atoms with Crippen molar-refractivity contribution >= 4 is 29.8 Å². The first-order valence-electron chi connectivity index (χ1n) is 16.5. The van der Waals surface area contributed by atoms with E-state index in [1.165, 1.54) is 20.7 Å². The fraction of sp³-hybridized carbons (Fsp3) is 0.562. The van der Waals surface area contributed by atoms with Gasteiger partial charge in [0.1, 0.15) is 12.1 Å². The average Bonchev–Trinajstić information content (AvgIpc) is 3.74. The molecule has 0 unspecified atom stereocenters. The molecule has 3 aliphatic rings. The molecule has 1 aliphatic carbocycles. The molecule has 3 N–H and O–H groups in total. The number of hydroxylamine groups is 2. The van der Waals surface area contributed by atoms with Crippen molar-refractivity contribution in [3.63, 3.8) is 0 Å². The Hall–Kier alpha value is -4.70. The Labute approximate surface area is 278 Å². The van der Waals surface area contributed by atoms with Crippen LogP contribution in [-0.2, 0) is 24.0 Å². The van der Waals surface area contributed by atoms with Crippen molar-refractivity contribution in [1.29, 1.82) is 0 Å². The van der Waals surface area contributed by atoms with Gasteiger partial charge in [0.25, 0.3) is 11.8 Å². The van der Waals surface area contributed by atoms with E-state index >= 15 is 0 Å². The first kappa shape index (κ1) is 34.6. The predicted molar refractivity (Wildman–Crippen MR) is 169 cm³/mol. The molecule has 2 atom stereocenters. The van der Waals surface area contributed by atoms with Gasteiger partial charge in [0.15, 0.2) is 12.3 Å². The van der Waals surface area contributed by atoms with Gasteiger partial charge in [-0.15, -0.1) is 5.06 Å². The van der Waals surface area contributed by atoms with Crippen LogP contribution in [0.25, 0.3) is 5.69 Å². The summed E-state index contributed by atoms with van der Waals surface area (Å²) in [5.41, 5.74) is 0.507. The maximum Gasteiger partial charge on any atom is 0.527 e. The summed E-state index contributed by atoms with van der Waals surface area (Å²) in [4.78, 5) is 72.7. The zero-order valence-electron chi connectivity index (χ0n) is 27.0. The quantitative estimate of drug-likeness (QED) is 0.254. The second-order valence-electron chi connectivity index (χ2n) is 11.9. The van der Waals surface area contributed by atoms with Crippen LogP contribution in [-0.4, -0.2) is 130 Å². The highest BCUT2D eigenvalue weighted by Gasteiger charge is 2.36. The van der Waals surface area contributed by atoms with Gasteiger partial charge in [0.2, 0.25) is 17.7 Å². The number of likely N-dealkylation sites (tertiary alicyclic amines) is 1. The summed E-state index contributed by atoms with van der Waals surface area (Å²) in [5, 5.41) is 21.2. The molecule has 2 saturated heterocycles. The van der Waals surface area contributed by atoms with E-state index in [9.17, 15) is 29.1 Å². The summed E-state index contributed by atoms with van der Waals surface area (Å²) in [6.07, 6.45) is 3.44. The molecular formula is C32H43N7O9. The first-order valence-corrected chi connectivity index (χ1v) is 16.5. The third-order valence-electron chi connectivity index (χ3n) is 8.62. The largest absolute Gasteiger partial charge is 0.527 e. The smallest absolute Gasteiger partial charge is 0.467 e. The fourth-order valence-corrected chi connectivity index (χ4v) is 5.83. The topological polar surface area (TPSA) is 185 Å². The minimum Gasteiger partial charge on any atom is -0.467 e. The molecule has 0 spiro atoms. The van der Waals surface area contributed by atoms with Gasteiger partial charge in [0, 0.05) is 38.3 Å². The number of nitrogens with one attached hydrogen (secondary N) is 2. The highest BCUT2D eigenvalue weighted by Crippen LogP contribution is 2.24. The van der Waals surface area contributed by atoms with Crippen LogP contribution in [0.2, 0.25) is 0 Å². The molecule has 1 saturated carbocycles. The second kappa shape index (κ2) is 16.4. The van der Waals surface area contributed by atoms with Gasteiger partial charge in [-0.1, -0.05) is 18.2 Å². The standard InChI is InChI=1S/C32H43N7O9/c1-2-46-32(45)48-37-17-15-36(16-18-37)31(44)24(13-19-40)34-29(42)25-20-28(39(35-25)23-10-4-3-5-11-23)47-21-27(41)38-14-7-12-26(38)30(43)33-22-8-6-9-22/h3-5,10-11,20,22,24,26,40H,2,6-9,12-19,21H2,1H3,(H,33,43)(H,34,42)/t24-,26-/m0/s1. The van der Waals surface area contributed by atoms with Crippen LogP contribution < -0.4 is 15.4 Å². The van der Waals surface area contributed by atoms with Crippen molar-refractivity contribution in [2.75, 3.05) is 52.5 Å². The molecule has 5 rings (SSSR count). The maximum absolute atomic E-state index is 13.4. The monoisotopic (exact) mass is 669 g/mol. The SMILES string of the molecule is CCOC(=O)ON1CCN(C(=O)[C@H](CCO)NC(=O)c2cc(OCC(=O)N3CCC[C@H]3C(=O)NC3CCC3)n(-c3ccccc3)n2)CC1. The number of piperazine rings is 1. The molecule has 260 valence electrons. The van der Waals surface area contributed by atoms with Crippen molar-refractivity contribution in [1.82, 2.24) is 35.3 Å². The molecular weight excluding hydrogens is 626 g/mol. The minimum atomic E-state index is -1.05. The number of carbonyl (C=O) groups is 5. The summed E-state index contributed by atoms with van der Waals surface area (Å²) in [7, 11) is 0. The van der Waals surface area contributed by atoms with Gasteiger partial charge in [-0.05, 0) is 57.6 Å². The number of carbonyl (C=O) groups excluding carboxylic acids is 5. The number of aliphatic hydroxyl groups excluding tert-OH is 1. The molecule has 3 heterocycles. The lowest BCUT2D eigenvalue weighted by Crippen LogP contribution is -2.55. The molecule has 48 heavy (non-hydrogen) atoms. The van der Waals surface area contributed by atoms with Gasteiger partial charge in [-0.2, -0.15) is 5.10 Å². The second-order valence-corrected chi connectivity index (χ2v) is 11.9. The number of para-hydroxylation sites is 1. The van der Waals surface area contributed by atoms with Gasteiger partial charge in [-0.25, -0.2) is 9.48 Å². The van der Waals surface area contributed by atoms with Crippen LogP contribution in [0.4, 0.5) is 4.79 Å². The van der Waals surface area contributed by atoms with Crippen LogP contribution >= 0.6 is 0 Å². The number of aromatic nitrogens is 2. The Kier molecular flexibility index (Phi) is 11.8. The number of aliphatic hydroxyl groups is 1. The maximum atomic E-state index is 13.4. The van der Waals surface area contributed by atoms with Crippen molar-refractivity contribution in [2.24, 2.45) is 0 Å². The van der Waals surface area contributed by atoms with Gasteiger partial charge in [-0.3, -0.25) is 19.2 Å². The van der Waals surface area contributed by atoms with E-state index in [4.69, 9.17) is 14.3 Å². The summed E-state index contributed by atoms with van der Waals surface area (Å²) in [5.74, 6) is -1.45. The molecule has 16 heteroatoms. The first-order chi connectivity index (χ1) is 23.3. The van der Waals surface area contributed by atoms with Gasteiger partial charge < -0.3 is 39.9 Å². The van der Waals surface area contributed by atoms with Crippen LogP contribution in [0.15, 0.2) is 36.4 Å². The molecule has 4 amide bonds. The van der Waals surface area contributed by atoms with E-state index in [1.807, 2.05) is 6.07 Å². The van der Waals surface area contributed by atoms with Crippen molar-refractivity contribution < 1.29 is 43.4 Å². The van der Waals surface area contributed by atoms with Crippen molar-refractivity contribution in [3.8, 4) is 11.6 Å². The van der Waals surface area contributed by atoms with E-state index in [0.29, 0.717) is 25.1 Å². The normalized spacial score (nSPS) is 18.8. The molecule has 1 aromatic heterocycles. The average molecular weight is 670 g/mol. The Morgan fingerprint density at radius 2 is 1.75 bits per heavy atom. The third kappa shape index (κ3) is 8.60. The molecule has 2 aromatic rings. The number of rotatable bonds is 13. The van der Waals surface area contributed by atoms with E-state index < -0.39 is 30.1 Å². The molecule has 2 aliphatic heterocycles. The number of ether oxygens (including phenoxy) is 2. The highest BCUT2D eigenvalue weighted by atomic mass is 16.8. The number of amides is 4. The summed E-state index contributed by atoms with van der Waals surface area (Å²) in [6.45, 7) is 2.51. The summed E-state index contributed by atoms with van der Waals surface area (Å²) in [6, 6.07) is 8.87.